The van der Waals surface area contributed by atoms with Gasteiger partial charge in [-0.25, -0.2) is 14.0 Å². The maximum atomic E-state index is 13.3. The summed E-state index contributed by atoms with van der Waals surface area (Å²) in [5, 5.41) is 13.9. The van der Waals surface area contributed by atoms with Crippen molar-refractivity contribution >= 4 is 17.7 Å². The summed E-state index contributed by atoms with van der Waals surface area (Å²) in [6, 6.07) is 3.95. The highest BCUT2D eigenvalue weighted by Gasteiger charge is 2.30. The zero-order valence-corrected chi connectivity index (χ0v) is 11.6. The first kappa shape index (κ1) is 15.2. The standard InChI is InChI=1S/C14H17FN2O4/c1-8-10(15)3-2-4-11(8)17-14(20)16-7-9-5-6-12(21-9)13(18)19/h2-4,9,12H,5-7H2,1H3,(H,18,19)(H2,16,17,20). The van der Waals surface area contributed by atoms with Crippen molar-refractivity contribution in [2.45, 2.75) is 32.0 Å². The maximum Gasteiger partial charge on any atom is 0.332 e. The monoisotopic (exact) mass is 296 g/mol. The van der Waals surface area contributed by atoms with Crippen LogP contribution in [-0.2, 0) is 9.53 Å². The van der Waals surface area contributed by atoms with Gasteiger partial charge in [0.15, 0.2) is 6.10 Å². The minimum absolute atomic E-state index is 0.212. The van der Waals surface area contributed by atoms with Crippen LogP contribution < -0.4 is 10.6 Å². The topological polar surface area (TPSA) is 87.7 Å². The quantitative estimate of drug-likeness (QED) is 0.791. The average molecular weight is 296 g/mol. The molecular formula is C14H17FN2O4. The normalized spacial score (nSPS) is 21.0. The SMILES string of the molecule is Cc1c(F)cccc1NC(=O)NCC1CCC(C(=O)O)O1. The highest BCUT2D eigenvalue weighted by Crippen LogP contribution is 2.19. The fourth-order valence-corrected chi connectivity index (χ4v) is 2.15. The summed E-state index contributed by atoms with van der Waals surface area (Å²) in [5.41, 5.74) is 0.749. The van der Waals surface area contributed by atoms with Crippen molar-refractivity contribution in [1.82, 2.24) is 5.32 Å². The number of hydrogen-bond acceptors (Lipinski definition) is 3. The van der Waals surface area contributed by atoms with Gasteiger partial charge in [0.25, 0.3) is 0 Å². The Hall–Kier alpha value is -2.15. The van der Waals surface area contributed by atoms with E-state index in [2.05, 4.69) is 10.6 Å². The molecule has 1 fully saturated rings. The Kier molecular flexibility index (Phi) is 4.74. The number of urea groups is 1. The minimum atomic E-state index is -0.989. The zero-order valence-electron chi connectivity index (χ0n) is 11.6. The molecule has 1 aromatic carbocycles. The number of carbonyl (C=O) groups excluding carboxylic acids is 1. The van der Waals surface area contributed by atoms with Crippen molar-refractivity contribution < 1.29 is 23.8 Å². The van der Waals surface area contributed by atoms with Gasteiger partial charge in [-0.15, -0.1) is 0 Å². The fourth-order valence-electron chi connectivity index (χ4n) is 2.15. The Bertz CT molecular complexity index is 550. The van der Waals surface area contributed by atoms with Gasteiger partial charge in [0, 0.05) is 17.8 Å². The van der Waals surface area contributed by atoms with E-state index < -0.39 is 23.9 Å². The Labute approximate surface area is 121 Å². The number of carboxylic acids is 1. The number of benzene rings is 1. The molecule has 2 atom stereocenters. The molecule has 0 saturated carbocycles. The van der Waals surface area contributed by atoms with Crippen LogP contribution in [-0.4, -0.2) is 35.9 Å². The molecular weight excluding hydrogens is 279 g/mol. The molecule has 0 spiro atoms. The van der Waals surface area contributed by atoms with Crippen LogP contribution >= 0.6 is 0 Å². The summed E-state index contributed by atoms with van der Waals surface area (Å²) in [6.45, 7) is 1.78. The molecule has 0 bridgehead atoms. The highest BCUT2D eigenvalue weighted by molar-refractivity contribution is 5.90. The van der Waals surface area contributed by atoms with Crippen LogP contribution in [0.15, 0.2) is 18.2 Å². The predicted octanol–water partition coefficient (Wildman–Crippen LogP) is 1.89. The van der Waals surface area contributed by atoms with E-state index in [0.29, 0.717) is 24.1 Å². The van der Waals surface area contributed by atoms with E-state index in [9.17, 15) is 14.0 Å². The molecule has 0 aliphatic carbocycles. The van der Waals surface area contributed by atoms with Crippen LogP contribution in [0.2, 0.25) is 0 Å². The molecule has 114 valence electrons. The van der Waals surface area contributed by atoms with Crippen LogP contribution in [0.4, 0.5) is 14.9 Å². The van der Waals surface area contributed by atoms with Crippen molar-refractivity contribution in [3.05, 3.63) is 29.6 Å². The molecule has 0 aromatic heterocycles. The number of anilines is 1. The lowest BCUT2D eigenvalue weighted by atomic mass is 10.2. The predicted molar refractivity (Wildman–Crippen MR) is 73.7 cm³/mol. The lowest BCUT2D eigenvalue weighted by molar-refractivity contribution is -0.149. The van der Waals surface area contributed by atoms with Crippen LogP contribution in [0.25, 0.3) is 0 Å². The molecule has 2 rings (SSSR count). The number of carboxylic acid groups (broad SMARTS) is 1. The van der Waals surface area contributed by atoms with E-state index in [1.807, 2.05) is 0 Å². The van der Waals surface area contributed by atoms with Gasteiger partial charge in [-0.05, 0) is 31.9 Å². The number of ether oxygens (including phenoxy) is 1. The van der Waals surface area contributed by atoms with Crippen LogP contribution in [0.3, 0.4) is 0 Å². The Morgan fingerprint density at radius 3 is 2.86 bits per heavy atom. The molecule has 1 aliphatic rings. The van der Waals surface area contributed by atoms with Crippen molar-refractivity contribution in [2.75, 3.05) is 11.9 Å². The van der Waals surface area contributed by atoms with E-state index >= 15 is 0 Å². The lowest BCUT2D eigenvalue weighted by Gasteiger charge is -2.14. The summed E-state index contributed by atoms with van der Waals surface area (Å²) in [5.74, 6) is -1.38. The van der Waals surface area contributed by atoms with Gasteiger partial charge >= 0.3 is 12.0 Å². The molecule has 1 aliphatic heterocycles. The second-order valence-corrected chi connectivity index (χ2v) is 4.91. The third kappa shape index (κ3) is 3.91. The summed E-state index contributed by atoms with van der Waals surface area (Å²) >= 11 is 0. The van der Waals surface area contributed by atoms with E-state index in [1.165, 1.54) is 12.1 Å². The lowest BCUT2D eigenvalue weighted by Crippen LogP contribution is -2.36. The van der Waals surface area contributed by atoms with Gasteiger partial charge in [-0.2, -0.15) is 0 Å². The number of carbonyl (C=O) groups is 2. The third-order valence-corrected chi connectivity index (χ3v) is 3.39. The molecule has 1 heterocycles. The Morgan fingerprint density at radius 1 is 1.43 bits per heavy atom. The number of hydrogen-bond donors (Lipinski definition) is 3. The number of nitrogens with one attached hydrogen (secondary N) is 2. The number of halogens is 1. The summed E-state index contributed by atoms with van der Waals surface area (Å²) in [4.78, 5) is 22.5. The van der Waals surface area contributed by atoms with Gasteiger partial charge in [0.1, 0.15) is 5.82 Å². The van der Waals surface area contributed by atoms with E-state index in [4.69, 9.17) is 9.84 Å². The van der Waals surface area contributed by atoms with E-state index in [0.717, 1.165) is 0 Å². The minimum Gasteiger partial charge on any atom is -0.479 e. The van der Waals surface area contributed by atoms with Gasteiger partial charge < -0.3 is 20.5 Å². The van der Waals surface area contributed by atoms with Gasteiger partial charge in [0.05, 0.1) is 6.10 Å². The Morgan fingerprint density at radius 2 is 2.19 bits per heavy atom. The molecule has 1 saturated heterocycles. The first-order valence-corrected chi connectivity index (χ1v) is 6.65. The van der Waals surface area contributed by atoms with E-state index in [-0.39, 0.29) is 12.6 Å². The zero-order chi connectivity index (χ0) is 15.4. The summed E-state index contributed by atoms with van der Waals surface area (Å²) < 4.78 is 18.6. The van der Waals surface area contributed by atoms with Crippen molar-refractivity contribution in [3.8, 4) is 0 Å². The molecule has 6 nitrogen and oxygen atoms in total. The molecule has 3 N–H and O–H groups in total. The van der Waals surface area contributed by atoms with Crippen molar-refractivity contribution in [3.63, 3.8) is 0 Å². The molecule has 1 aromatic rings. The third-order valence-electron chi connectivity index (χ3n) is 3.39. The highest BCUT2D eigenvalue weighted by atomic mass is 19.1. The first-order chi connectivity index (χ1) is 9.97. The molecule has 2 amide bonds. The van der Waals surface area contributed by atoms with Gasteiger partial charge in [-0.3, -0.25) is 0 Å². The maximum absolute atomic E-state index is 13.3. The molecule has 2 unspecified atom stereocenters. The number of aliphatic carboxylic acids is 1. The largest absolute Gasteiger partial charge is 0.479 e. The second-order valence-electron chi connectivity index (χ2n) is 4.91. The van der Waals surface area contributed by atoms with Gasteiger partial charge in [-0.1, -0.05) is 6.07 Å². The smallest absolute Gasteiger partial charge is 0.332 e. The summed E-state index contributed by atoms with van der Waals surface area (Å²) in [6.07, 6.45) is -0.0986. The molecule has 0 radical (unpaired) electrons. The number of amides is 2. The van der Waals surface area contributed by atoms with E-state index in [1.54, 1.807) is 13.0 Å². The molecule has 7 heteroatoms. The summed E-state index contributed by atoms with van der Waals surface area (Å²) in [7, 11) is 0. The Balaban J connectivity index is 1.80. The van der Waals surface area contributed by atoms with Crippen molar-refractivity contribution in [1.29, 1.82) is 0 Å². The van der Waals surface area contributed by atoms with Gasteiger partial charge in [0.2, 0.25) is 0 Å². The van der Waals surface area contributed by atoms with Crippen LogP contribution in [0, 0.1) is 12.7 Å². The second kappa shape index (κ2) is 6.53. The fraction of sp³-hybridized carbons (Fsp3) is 0.429. The van der Waals surface area contributed by atoms with Crippen LogP contribution in [0.1, 0.15) is 18.4 Å². The number of rotatable bonds is 4. The van der Waals surface area contributed by atoms with Crippen LogP contribution in [0.5, 0.6) is 0 Å². The van der Waals surface area contributed by atoms with Crippen molar-refractivity contribution in [2.24, 2.45) is 0 Å². The average Bonchev–Trinajstić information content (AvgIpc) is 2.91. The molecule has 21 heavy (non-hydrogen) atoms. The first-order valence-electron chi connectivity index (χ1n) is 6.65.